The second kappa shape index (κ2) is 3.49. The van der Waals surface area contributed by atoms with E-state index >= 15 is 0 Å². The maximum absolute atomic E-state index is 12.0. The van der Waals surface area contributed by atoms with Crippen molar-refractivity contribution in [1.29, 1.82) is 0 Å². The molecule has 0 aromatic heterocycles. The van der Waals surface area contributed by atoms with Crippen molar-refractivity contribution in [3.05, 3.63) is 23.8 Å². The molecule has 0 spiro atoms. The van der Waals surface area contributed by atoms with Gasteiger partial charge in [-0.3, -0.25) is 4.79 Å². The van der Waals surface area contributed by atoms with Gasteiger partial charge in [0.25, 0.3) is 5.91 Å². The van der Waals surface area contributed by atoms with Gasteiger partial charge in [-0.25, -0.2) is 0 Å². The number of carbonyl (C=O) groups excluding carboxylic acids is 1. The van der Waals surface area contributed by atoms with Gasteiger partial charge in [0.05, 0.1) is 11.4 Å². The average molecular weight is 219 g/mol. The summed E-state index contributed by atoms with van der Waals surface area (Å²) in [6, 6.07) is 5.82. The molecule has 0 fully saturated rings. The maximum Gasteiger partial charge on any atom is 0.251 e. The highest BCUT2D eigenvalue weighted by atomic mass is 16.2. The molecule has 0 saturated heterocycles. The number of anilines is 2. The molecule has 1 amide bonds. The number of para-hydroxylation sites is 1. The van der Waals surface area contributed by atoms with Crippen LogP contribution in [-0.4, -0.2) is 18.5 Å². The molecule has 0 unspecified atom stereocenters. The molecular formula is C12H17N3O. The molecule has 0 saturated carbocycles. The largest absolute Gasteiger partial charge is 0.370 e. The van der Waals surface area contributed by atoms with E-state index in [-0.39, 0.29) is 5.91 Å². The van der Waals surface area contributed by atoms with Gasteiger partial charge in [0.1, 0.15) is 5.54 Å². The van der Waals surface area contributed by atoms with Gasteiger partial charge in [-0.05, 0) is 25.5 Å². The van der Waals surface area contributed by atoms with Crippen LogP contribution < -0.4 is 16.0 Å². The first kappa shape index (κ1) is 11.0. The molecule has 1 aromatic carbocycles. The second-order valence-electron chi connectivity index (χ2n) is 4.63. The summed E-state index contributed by atoms with van der Waals surface area (Å²) in [4.78, 5) is 13.7. The van der Waals surface area contributed by atoms with Crippen LogP contribution in [0, 0.1) is 0 Å². The molecule has 0 atom stereocenters. The van der Waals surface area contributed by atoms with E-state index in [1.807, 2.05) is 32.0 Å². The van der Waals surface area contributed by atoms with Crippen molar-refractivity contribution in [3.8, 4) is 0 Å². The predicted octanol–water partition coefficient (Wildman–Crippen LogP) is 1.31. The summed E-state index contributed by atoms with van der Waals surface area (Å²) < 4.78 is 0. The molecule has 1 aliphatic rings. The topological polar surface area (TPSA) is 58.4 Å². The first-order valence-electron chi connectivity index (χ1n) is 5.35. The van der Waals surface area contributed by atoms with Crippen LogP contribution in [0.15, 0.2) is 18.2 Å². The lowest BCUT2D eigenvalue weighted by Crippen LogP contribution is -2.52. The van der Waals surface area contributed by atoms with E-state index < -0.39 is 5.54 Å². The van der Waals surface area contributed by atoms with Crippen molar-refractivity contribution in [1.82, 2.24) is 0 Å². The lowest BCUT2D eigenvalue weighted by atomic mass is 9.96. The minimum atomic E-state index is -0.576. The summed E-state index contributed by atoms with van der Waals surface area (Å²) >= 11 is 0. The van der Waals surface area contributed by atoms with Crippen LogP contribution >= 0.6 is 0 Å². The molecular weight excluding hydrogens is 202 g/mol. The van der Waals surface area contributed by atoms with Crippen molar-refractivity contribution in [2.75, 3.05) is 17.3 Å². The van der Waals surface area contributed by atoms with Crippen LogP contribution in [-0.2, 0) is 11.3 Å². The highest BCUT2D eigenvalue weighted by Crippen LogP contribution is 2.36. The quantitative estimate of drug-likeness (QED) is 0.748. The van der Waals surface area contributed by atoms with E-state index in [9.17, 15) is 4.79 Å². The van der Waals surface area contributed by atoms with E-state index in [4.69, 9.17) is 5.73 Å². The molecule has 16 heavy (non-hydrogen) atoms. The minimum Gasteiger partial charge on any atom is -0.370 e. The SMILES string of the molecule is CN1C(=O)C(C)(C)Nc2c(CN)cccc21. The minimum absolute atomic E-state index is 0.0640. The molecule has 0 bridgehead atoms. The lowest BCUT2D eigenvalue weighted by molar-refractivity contribution is -0.121. The Bertz CT molecular complexity index is 440. The molecule has 3 N–H and O–H groups in total. The van der Waals surface area contributed by atoms with Crippen molar-refractivity contribution >= 4 is 17.3 Å². The van der Waals surface area contributed by atoms with Crippen LogP contribution in [0.4, 0.5) is 11.4 Å². The fourth-order valence-electron chi connectivity index (χ4n) is 2.08. The van der Waals surface area contributed by atoms with Crippen molar-refractivity contribution in [2.24, 2.45) is 5.73 Å². The van der Waals surface area contributed by atoms with Crippen LogP contribution in [0.25, 0.3) is 0 Å². The van der Waals surface area contributed by atoms with Crippen molar-refractivity contribution < 1.29 is 4.79 Å². The van der Waals surface area contributed by atoms with Crippen LogP contribution in [0.1, 0.15) is 19.4 Å². The number of likely N-dealkylation sites (N-methyl/N-ethyl adjacent to an activating group) is 1. The fraction of sp³-hybridized carbons (Fsp3) is 0.417. The summed E-state index contributed by atoms with van der Waals surface area (Å²) in [5, 5.41) is 3.26. The van der Waals surface area contributed by atoms with Gasteiger partial charge >= 0.3 is 0 Å². The number of carbonyl (C=O) groups is 1. The zero-order chi connectivity index (χ0) is 11.9. The molecule has 0 radical (unpaired) electrons. The summed E-state index contributed by atoms with van der Waals surface area (Å²) in [6.45, 7) is 4.22. The first-order chi connectivity index (χ1) is 7.47. The maximum atomic E-state index is 12.0. The molecule has 0 aliphatic carbocycles. The molecule has 2 rings (SSSR count). The monoisotopic (exact) mass is 219 g/mol. The highest BCUT2D eigenvalue weighted by molar-refractivity contribution is 6.07. The molecule has 86 valence electrons. The second-order valence-corrected chi connectivity index (χ2v) is 4.63. The highest BCUT2D eigenvalue weighted by Gasteiger charge is 2.37. The lowest BCUT2D eigenvalue weighted by Gasteiger charge is -2.39. The van der Waals surface area contributed by atoms with Crippen LogP contribution in [0.5, 0.6) is 0 Å². The summed E-state index contributed by atoms with van der Waals surface area (Å²) in [6.07, 6.45) is 0. The zero-order valence-electron chi connectivity index (χ0n) is 9.87. The Morgan fingerprint density at radius 2 is 2.12 bits per heavy atom. The van der Waals surface area contributed by atoms with Crippen molar-refractivity contribution in [2.45, 2.75) is 25.9 Å². The van der Waals surface area contributed by atoms with E-state index in [0.29, 0.717) is 6.54 Å². The number of nitrogens with zero attached hydrogens (tertiary/aromatic N) is 1. The Kier molecular flexibility index (Phi) is 2.39. The number of benzene rings is 1. The van der Waals surface area contributed by atoms with Gasteiger partial charge in [0.2, 0.25) is 0 Å². The average Bonchev–Trinajstić information content (AvgIpc) is 2.25. The Hall–Kier alpha value is -1.55. The number of amides is 1. The number of hydrogen-bond donors (Lipinski definition) is 2. The van der Waals surface area contributed by atoms with Crippen molar-refractivity contribution in [3.63, 3.8) is 0 Å². The number of fused-ring (bicyclic) bond motifs is 1. The Morgan fingerprint density at radius 1 is 1.44 bits per heavy atom. The molecule has 1 aromatic rings. The van der Waals surface area contributed by atoms with Crippen LogP contribution in [0.3, 0.4) is 0 Å². The summed E-state index contributed by atoms with van der Waals surface area (Å²) in [5.74, 6) is 0.0640. The van der Waals surface area contributed by atoms with Gasteiger partial charge in [0, 0.05) is 13.6 Å². The Balaban J connectivity index is 2.59. The van der Waals surface area contributed by atoms with Gasteiger partial charge in [-0.1, -0.05) is 12.1 Å². The summed E-state index contributed by atoms with van der Waals surface area (Å²) in [5.41, 5.74) is 8.02. The Morgan fingerprint density at radius 3 is 2.75 bits per heavy atom. The Labute approximate surface area is 95.4 Å². The number of nitrogens with one attached hydrogen (secondary N) is 1. The van der Waals surface area contributed by atoms with E-state index in [1.54, 1.807) is 11.9 Å². The van der Waals surface area contributed by atoms with Gasteiger partial charge < -0.3 is 16.0 Å². The molecule has 4 nitrogen and oxygen atoms in total. The van der Waals surface area contributed by atoms with Gasteiger partial charge in [0.15, 0.2) is 0 Å². The van der Waals surface area contributed by atoms with E-state index in [2.05, 4.69) is 5.32 Å². The third-order valence-corrected chi connectivity index (χ3v) is 2.99. The van der Waals surface area contributed by atoms with Gasteiger partial charge in [-0.15, -0.1) is 0 Å². The molecule has 4 heteroatoms. The third kappa shape index (κ3) is 1.46. The third-order valence-electron chi connectivity index (χ3n) is 2.99. The number of nitrogens with two attached hydrogens (primary N) is 1. The van der Waals surface area contributed by atoms with E-state index in [0.717, 1.165) is 16.9 Å². The fourth-order valence-corrected chi connectivity index (χ4v) is 2.08. The van der Waals surface area contributed by atoms with E-state index in [1.165, 1.54) is 0 Å². The standard InChI is InChI=1S/C12H17N3O/c1-12(2)11(16)15(3)9-6-4-5-8(7-13)10(9)14-12/h4-6,14H,7,13H2,1-3H3. The van der Waals surface area contributed by atoms with Gasteiger partial charge in [-0.2, -0.15) is 0 Å². The summed E-state index contributed by atoms with van der Waals surface area (Å²) in [7, 11) is 1.80. The number of hydrogen-bond acceptors (Lipinski definition) is 3. The number of rotatable bonds is 1. The molecule has 1 heterocycles. The smallest absolute Gasteiger partial charge is 0.251 e. The predicted molar refractivity (Wildman–Crippen MR) is 65.4 cm³/mol. The first-order valence-corrected chi connectivity index (χ1v) is 5.35. The molecule has 1 aliphatic heterocycles. The van der Waals surface area contributed by atoms with Crippen LogP contribution in [0.2, 0.25) is 0 Å². The normalized spacial score (nSPS) is 18.0. The zero-order valence-corrected chi connectivity index (χ0v) is 9.87.